The van der Waals surface area contributed by atoms with Gasteiger partial charge in [-0.2, -0.15) is 0 Å². The molecule has 1 amide bonds. The Morgan fingerprint density at radius 2 is 1.66 bits per heavy atom. The van der Waals surface area contributed by atoms with Gasteiger partial charge in [0.15, 0.2) is 11.5 Å². The van der Waals surface area contributed by atoms with Crippen molar-refractivity contribution in [3.8, 4) is 11.5 Å². The molecule has 3 rings (SSSR count). The van der Waals surface area contributed by atoms with E-state index >= 15 is 0 Å². The fourth-order valence-electron chi connectivity index (χ4n) is 4.77. The Labute approximate surface area is 175 Å². The fraction of sp³-hybridized carbons (Fsp3) is 0.696. The number of methoxy groups -OCH3 is 2. The minimum absolute atomic E-state index is 0.0405. The summed E-state index contributed by atoms with van der Waals surface area (Å²) in [6.07, 6.45) is 3.49. The van der Waals surface area contributed by atoms with Crippen molar-refractivity contribution in [2.75, 3.05) is 40.4 Å². The summed E-state index contributed by atoms with van der Waals surface area (Å²) in [5.74, 6) is 1.83. The van der Waals surface area contributed by atoms with Crippen molar-refractivity contribution < 1.29 is 14.3 Å². The van der Waals surface area contributed by atoms with Gasteiger partial charge in [0.1, 0.15) is 0 Å². The summed E-state index contributed by atoms with van der Waals surface area (Å²) in [5, 5.41) is 0. The number of ether oxygens (including phenoxy) is 2. The molecule has 2 aliphatic rings. The van der Waals surface area contributed by atoms with E-state index in [-0.39, 0.29) is 6.04 Å². The van der Waals surface area contributed by atoms with Crippen LogP contribution in [-0.2, 0) is 11.3 Å². The Balaban J connectivity index is 1.54. The molecule has 29 heavy (non-hydrogen) atoms. The van der Waals surface area contributed by atoms with Gasteiger partial charge in [0.05, 0.1) is 20.3 Å². The van der Waals surface area contributed by atoms with Crippen LogP contribution in [-0.4, -0.2) is 79.1 Å². The molecule has 6 nitrogen and oxygen atoms in total. The second kappa shape index (κ2) is 9.81. The van der Waals surface area contributed by atoms with E-state index in [2.05, 4.69) is 47.6 Å². The van der Waals surface area contributed by atoms with E-state index in [4.69, 9.17) is 9.47 Å². The average Bonchev–Trinajstić information content (AvgIpc) is 2.73. The predicted octanol–water partition coefficient (Wildman–Crippen LogP) is 3.00. The molecule has 6 heteroatoms. The van der Waals surface area contributed by atoms with Crippen molar-refractivity contribution in [3.05, 3.63) is 23.8 Å². The van der Waals surface area contributed by atoms with Gasteiger partial charge in [-0.15, -0.1) is 0 Å². The summed E-state index contributed by atoms with van der Waals surface area (Å²) in [4.78, 5) is 20.1. The van der Waals surface area contributed by atoms with Crippen LogP contribution in [0.3, 0.4) is 0 Å². The van der Waals surface area contributed by atoms with Crippen LogP contribution in [0.25, 0.3) is 0 Å². The van der Waals surface area contributed by atoms with Gasteiger partial charge in [-0.1, -0.05) is 6.07 Å². The molecule has 0 N–H and O–H groups in total. The van der Waals surface area contributed by atoms with Crippen LogP contribution in [0.2, 0.25) is 0 Å². The molecule has 0 aliphatic carbocycles. The number of carbonyl (C=O) groups is 1. The number of hydrogen-bond acceptors (Lipinski definition) is 5. The van der Waals surface area contributed by atoms with E-state index in [0.29, 0.717) is 18.0 Å². The molecular formula is C23H37N3O3. The number of piperazine rings is 1. The first-order chi connectivity index (χ1) is 13.9. The molecule has 2 aliphatic heterocycles. The zero-order valence-electron chi connectivity index (χ0n) is 18.7. The van der Waals surface area contributed by atoms with Crippen LogP contribution in [0.1, 0.15) is 45.6 Å². The highest BCUT2D eigenvalue weighted by atomic mass is 16.5. The van der Waals surface area contributed by atoms with Crippen molar-refractivity contribution in [2.24, 2.45) is 0 Å². The fourth-order valence-corrected chi connectivity index (χ4v) is 4.77. The van der Waals surface area contributed by atoms with Gasteiger partial charge in [0.25, 0.3) is 0 Å². The normalized spacial score (nSPS) is 24.9. The number of hydrogen-bond donors (Lipinski definition) is 0. The summed E-state index contributed by atoms with van der Waals surface area (Å²) in [7, 11) is 3.33. The molecule has 3 atom stereocenters. The van der Waals surface area contributed by atoms with Gasteiger partial charge in [-0.25, -0.2) is 0 Å². The van der Waals surface area contributed by atoms with Crippen molar-refractivity contribution in [1.82, 2.24) is 14.7 Å². The molecule has 0 aromatic heterocycles. The van der Waals surface area contributed by atoms with E-state index in [0.717, 1.165) is 57.1 Å². The Morgan fingerprint density at radius 3 is 2.24 bits per heavy atom. The van der Waals surface area contributed by atoms with Gasteiger partial charge in [-0.3, -0.25) is 14.6 Å². The van der Waals surface area contributed by atoms with Crippen LogP contribution in [0, 0.1) is 0 Å². The van der Waals surface area contributed by atoms with E-state index in [1.807, 2.05) is 6.07 Å². The first-order valence-electron chi connectivity index (χ1n) is 10.9. The number of piperidine rings is 1. The second-order valence-electron chi connectivity index (χ2n) is 8.55. The van der Waals surface area contributed by atoms with Crippen LogP contribution < -0.4 is 9.47 Å². The van der Waals surface area contributed by atoms with Gasteiger partial charge < -0.3 is 14.4 Å². The van der Waals surface area contributed by atoms with E-state index in [1.54, 1.807) is 14.2 Å². The second-order valence-corrected chi connectivity index (χ2v) is 8.55. The molecular weight excluding hydrogens is 366 g/mol. The predicted molar refractivity (Wildman–Crippen MR) is 115 cm³/mol. The van der Waals surface area contributed by atoms with E-state index < -0.39 is 0 Å². The highest BCUT2D eigenvalue weighted by Crippen LogP contribution is 2.28. The summed E-state index contributed by atoms with van der Waals surface area (Å²) >= 11 is 0. The Kier molecular flexibility index (Phi) is 7.41. The van der Waals surface area contributed by atoms with Gasteiger partial charge in [0, 0.05) is 44.8 Å². The third kappa shape index (κ3) is 5.04. The summed E-state index contributed by atoms with van der Waals surface area (Å²) in [5.41, 5.74) is 1.22. The third-order valence-electron chi connectivity index (χ3n) is 6.61. The minimum atomic E-state index is -0.0405. The van der Waals surface area contributed by atoms with Crippen LogP contribution in [0.5, 0.6) is 11.5 Å². The lowest BCUT2D eigenvalue weighted by Gasteiger charge is -2.44. The van der Waals surface area contributed by atoms with E-state index in [9.17, 15) is 4.79 Å². The lowest BCUT2D eigenvalue weighted by atomic mass is 9.96. The Hall–Kier alpha value is -1.79. The van der Waals surface area contributed by atoms with Crippen molar-refractivity contribution in [2.45, 2.75) is 64.7 Å². The summed E-state index contributed by atoms with van der Waals surface area (Å²) in [6.45, 7) is 11.2. The van der Waals surface area contributed by atoms with Crippen LogP contribution in [0.4, 0.5) is 0 Å². The monoisotopic (exact) mass is 403 g/mol. The zero-order valence-corrected chi connectivity index (χ0v) is 18.7. The molecule has 0 radical (unpaired) electrons. The Morgan fingerprint density at radius 1 is 1.03 bits per heavy atom. The minimum Gasteiger partial charge on any atom is -0.493 e. The number of amides is 1. The molecule has 1 aromatic rings. The summed E-state index contributed by atoms with van der Waals surface area (Å²) < 4.78 is 10.7. The Bertz CT molecular complexity index is 678. The molecule has 0 saturated carbocycles. The topological polar surface area (TPSA) is 45.2 Å². The zero-order chi connectivity index (χ0) is 21.0. The van der Waals surface area contributed by atoms with Crippen LogP contribution >= 0.6 is 0 Å². The lowest BCUT2D eigenvalue weighted by molar-refractivity contribution is -0.143. The molecule has 0 spiro atoms. The molecule has 0 unspecified atom stereocenters. The molecule has 0 bridgehead atoms. The van der Waals surface area contributed by atoms with Crippen molar-refractivity contribution >= 4 is 5.91 Å². The molecule has 162 valence electrons. The molecule has 1 aromatic carbocycles. The lowest BCUT2D eigenvalue weighted by Crippen LogP contribution is -2.58. The smallest absolute Gasteiger partial charge is 0.240 e. The van der Waals surface area contributed by atoms with E-state index in [1.165, 1.54) is 12.0 Å². The van der Waals surface area contributed by atoms with Crippen molar-refractivity contribution in [1.29, 1.82) is 0 Å². The van der Waals surface area contributed by atoms with Crippen LogP contribution in [0.15, 0.2) is 18.2 Å². The van der Waals surface area contributed by atoms with Gasteiger partial charge in [0.2, 0.25) is 5.91 Å². The van der Waals surface area contributed by atoms with Crippen molar-refractivity contribution in [3.63, 3.8) is 0 Å². The van der Waals surface area contributed by atoms with Gasteiger partial charge >= 0.3 is 0 Å². The third-order valence-corrected chi connectivity index (χ3v) is 6.61. The highest BCUT2D eigenvalue weighted by Gasteiger charge is 2.34. The maximum Gasteiger partial charge on any atom is 0.240 e. The number of carbonyl (C=O) groups excluding carboxylic acids is 1. The molecule has 2 heterocycles. The SMILES string of the molecule is COc1ccc(CN2CCN([C@H](C)C(=O)N3[C@@H](C)CCC[C@@H]3C)CC2)cc1OC. The molecule has 2 saturated heterocycles. The maximum atomic E-state index is 13.2. The number of nitrogens with zero attached hydrogens (tertiary/aromatic N) is 3. The number of benzene rings is 1. The van der Waals surface area contributed by atoms with Gasteiger partial charge in [-0.05, 0) is 57.7 Å². The maximum absolute atomic E-state index is 13.2. The standard InChI is InChI=1S/C23H37N3O3/c1-17-7-6-8-18(2)26(17)23(27)19(3)25-13-11-24(12-14-25)16-20-9-10-21(28-4)22(15-20)29-5/h9-10,15,17-19H,6-8,11-14,16H2,1-5H3/t17-,18-,19+/m0/s1. The average molecular weight is 404 g/mol. The quantitative estimate of drug-likeness (QED) is 0.731. The first-order valence-corrected chi connectivity index (χ1v) is 10.9. The first kappa shape index (κ1) is 21.9. The largest absolute Gasteiger partial charge is 0.493 e. The molecule has 2 fully saturated rings. The number of likely N-dealkylation sites (tertiary alicyclic amines) is 1. The highest BCUT2D eigenvalue weighted by molar-refractivity contribution is 5.82. The summed E-state index contributed by atoms with van der Waals surface area (Å²) in [6, 6.07) is 6.79. The number of rotatable bonds is 6.